The molecule has 7 nitrogen and oxygen atoms in total. The summed E-state index contributed by atoms with van der Waals surface area (Å²) >= 11 is 0. The first-order valence-electron chi connectivity index (χ1n) is 7.16. The van der Waals surface area contributed by atoms with Gasteiger partial charge in [-0.25, -0.2) is 9.18 Å². The van der Waals surface area contributed by atoms with Crippen LogP contribution in [-0.2, 0) is 9.59 Å². The summed E-state index contributed by atoms with van der Waals surface area (Å²) in [6, 6.07) is 2.68. The van der Waals surface area contributed by atoms with Gasteiger partial charge in [0.15, 0.2) is 12.0 Å². The number of primary amides is 1. The number of hydrogen-bond donors (Lipinski definition) is 2. The van der Waals surface area contributed by atoms with E-state index in [1.807, 2.05) is 0 Å². The van der Waals surface area contributed by atoms with Crippen molar-refractivity contribution in [2.24, 2.45) is 11.5 Å². The Morgan fingerprint density at radius 2 is 2.09 bits per heavy atom. The number of nitrogens with two attached hydrogens (primary N) is 2. The van der Waals surface area contributed by atoms with Crippen LogP contribution in [-0.4, -0.2) is 30.0 Å². The lowest BCUT2D eigenvalue weighted by molar-refractivity contribution is -0.882. The quantitative estimate of drug-likeness (QED) is 0.685. The van der Waals surface area contributed by atoms with Crippen molar-refractivity contribution in [2.45, 2.75) is 37.3 Å². The van der Waals surface area contributed by atoms with E-state index < -0.39 is 17.3 Å². The SMILES string of the molecule is NC(=O)C1(N)CCC(N2C(=O)CO[n+]3cc(F)ccc32)CC1. The molecule has 0 bridgehead atoms. The van der Waals surface area contributed by atoms with Gasteiger partial charge in [0.25, 0.3) is 0 Å². The van der Waals surface area contributed by atoms with Crippen LogP contribution in [0.4, 0.5) is 10.2 Å². The van der Waals surface area contributed by atoms with Gasteiger partial charge in [0.05, 0.1) is 5.54 Å². The number of carbonyl (C=O) groups excluding carboxylic acids is 2. The lowest BCUT2D eigenvalue weighted by atomic mass is 9.79. The highest BCUT2D eigenvalue weighted by molar-refractivity contribution is 5.94. The third-order valence-electron chi connectivity index (χ3n) is 4.40. The summed E-state index contributed by atoms with van der Waals surface area (Å²) in [5.41, 5.74) is 10.3. The molecule has 0 unspecified atom stereocenters. The Labute approximate surface area is 126 Å². The molecule has 1 aromatic rings. The van der Waals surface area contributed by atoms with Crippen molar-refractivity contribution in [1.29, 1.82) is 0 Å². The number of fused-ring (bicyclic) bond motifs is 1. The van der Waals surface area contributed by atoms with Gasteiger partial charge >= 0.3 is 11.7 Å². The molecule has 118 valence electrons. The van der Waals surface area contributed by atoms with E-state index in [1.54, 1.807) is 4.90 Å². The molecule has 1 aromatic heterocycles. The van der Waals surface area contributed by atoms with E-state index in [0.29, 0.717) is 31.5 Å². The van der Waals surface area contributed by atoms with E-state index in [-0.39, 0.29) is 18.6 Å². The Balaban J connectivity index is 1.84. The van der Waals surface area contributed by atoms with Crippen LogP contribution in [0.15, 0.2) is 18.3 Å². The number of carbonyl (C=O) groups is 2. The molecule has 0 aromatic carbocycles. The van der Waals surface area contributed by atoms with E-state index >= 15 is 0 Å². The van der Waals surface area contributed by atoms with Crippen molar-refractivity contribution < 1.29 is 23.5 Å². The minimum atomic E-state index is -1.01. The number of amides is 2. The number of nitrogens with zero attached hydrogens (tertiary/aromatic N) is 2. The van der Waals surface area contributed by atoms with Gasteiger partial charge in [-0.1, -0.05) is 0 Å². The summed E-state index contributed by atoms with van der Waals surface area (Å²) in [5.74, 6) is -0.682. The van der Waals surface area contributed by atoms with E-state index in [0.717, 1.165) is 0 Å². The molecule has 0 radical (unpaired) electrons. The first-order chi connectivity index (χ1) is 10.4. The van der Waals surface area contributed by atoms with Crippen molar-refractivity contribution >= 4 is 17.6 Å². The Bertz CT molecular complexity index is 629. The average molecular weight is 309 g/mol. The number of rotatable bonds is 2. The van der Waals surface area contributed by atoms with Crippen LogP contribution >= 0.6 is 0 Å². The van der Waals surface area contributed by atoms with Gasteiger partial charge < -0.3 is 16.3 Å². The number of halogens is 1. The van der Waals surface area contributed by atoms with Crippen molar-refractivity contribution in [3.05, 3.63) is 24.1 Å². The average Bonchev–Trinajstić information content (AvgIpc) is 2.48. The van der Waals surface area contributed by atoms with Crippen LogP contribution in [0.3, 0.4) is 0 Å². The maximum Gasteiger partial charge on any atom is 0.352 e. The van der Waals surface area contributed by atoms with Crippen molar-refractivity contribution in [3.8, 4) is 0 Å². The molecule has 4 N–H and O–H groups in total. The Morgan fingerprint density at radius 1 is 1.41 bits per heavy atom. The fourth-order valence-corrected chi connectivity index (χ4v) is 3.07. The van der Waals surface area contributed by atoms with Gasteiger partial charge in [-0.15, -0.1) is 0 Å². The zero-order valence-electron chi connectivity index (χ0n) is 12.0. The Kier molecular flexibility index (Phi) is 3.48. The van der Waals surface area contributed by atoms with Crippen LogP contribution in [0.1, 0.15) is 25.7 Å². The summed E-state index contributed by atoms with van der Waals surface area (Å²) in [6.07, 6.45) is 3.14. The predicted molar refractivity (Wildman–Crippen MR) is 73.9 cm³/mol. The monoisotopic (exact) mass is 309 g/mol. The standard InChI is InChI=1S/C14H17FN4O3/c15-9-1-2-11-18(7-9)22-8-12(20)19(11)10-3-5-14(17,6-4-10)13(16)21/h1-2,7,10H,3-6,8,17H2,(H-,16,21)/p+1. The highest BCUT2D eigenvalue weighted by Gasteiger charge is 2.45. The van der Waals surface area contributed by atoms with Crippen molar-refractivity contribution in [1.82, 2.24) is 0 Å². The molecule has 1 saturated carbocycles. The van der Waals surface area contributed by atoms with Crippen molar-refractivity contribution in [3.63, 3.8) is 0 Å². The molecule has 1 aliphatic heterocycles. The van der Waals surface area contributed by atoms with Gasteiger partial charge in [0.1, 0.15) is 6.04 Å². The van der Waals surface area contributed by atoms with E-state index in [4.69, 9.17) is 16.3 Å². The molecule has 0 saturated heterocycles. The number of anilines is 1. The minimum absolute atomic E-state index is 0.107. The molecule has 3 rings (SSSR count). The predicted octanol–water partition coefficient (Wildman–Crippen LogP) is -0.986. The van der Waals surface area contributed by atoms with Gasteiger partial charge in [-0.2, -0.15) is 4.90 Å². The molecule has 22 heavy (non-hydrogen) atoms. The topological polar surface area (TPSA) is 103 Å². The molecule has 8 heteroatoms. The van der Waals surface area contributed by atoms with Gasteiger partial charge in [0, 0.05) is 6.07 Å². The summed E-state index contributed by atoms with van der Waals surface area (Å²) in [6.45, 7) is -0.152. The molecule has 0 atom stereocenters. The Hall–Kier alpha value is -2.22. The molecular weight excluding hydrogens is 291 g/mol. The second-order valence-corrected chi connectivity index (χ2v) is 5.82. The van der Waals surface area contributed by atoms with Gasteiger partial charge in [-0.3, -0.25) is 4.79 Å². The second-order valence-electron chi connectivity index (χ2n) is 5.82. The molecule has 2 aliphatic rings. The van der Waals surface area contributed by atoms with E-state index in [9.17, 15) is 14.0 Å². The molecule has 2 heterocycles. The lowest BCUT2D eigenvalue weighted by Gasteiger charge is -2.37. The van der Waals surface area contributed by atoms with Crippen LogP contribution in [0.2, 0.25) is 0 Å². The normalized spacial score (nSPS) is 28.0. The summed E-state index contributed by atoms with van der Waals surface area (Å²) < 4.78 is 14.5. The van der Waals surface area contributed by atoms with E-state index in [1.165, 1.54) is 23.1 Å². The van der Waals surface area contributed by atoms with Crippen LogP contribution in [0.5, 0.6) is 0 Å². The zero-order valence-corrected chi connectivity index (χ0v) is 12.0. The Morgan fingerprint density at radius 3 is 2.73 bits per heavy atom. The first-order valence-corrected chi connectivity index (χ1v) is 7.16. The third-order valence-corrected chi connectivity index (χ3v) is 4.40. The van der Waals surface area contributed by atoms with Crippen LogP contribution in [0, 0.1) is 5.82 Å². The second kappa shape index (κ2) is 5.20. The van der Waals surface area contributed by atoms with E-state index in [2.05, 4.69) is 0 Å². The zero-order chi connectivity index (χ0) is 15.9. The van der Waals surface area contributed by atoms with Crippen molar-refractivity contribution in [2.75, 3.05) is 11.5 Å². The number of aromatic nitrogens is 1. The van der Waals surface area contributed by atoms with Crippen LogP contribution in [0.25, 0.3) is 0 Å². The maximum atomic E-state index is 13.3. The highest BCUT2D eigenvalue weighted by atomic mass is 19.1. The summed E-state index contributed by atoms with van der Waals surface area (Å²) in [4.78, 5) is 30.4. The molecular formula is C14H18FN4O3+. The maximum absolute atomic E-state index is 13.3. The fourth-order valence-electron chi connectivity index (χ4n) is 3.07. The van der Waals surface area contributed by atoms with Crippen LogP contribution < -0.4 is 25.9 Å². The lowest BCUT2D eigenvalue weighted by Crippen LogP contribution is -2.63. The number of hydrogen-bond acceptors (Lipinski definition) is 4. The van der Waals surface area contributed by atoms with Gasteiger partial charge in [-0.05, 0) is 36.5 Å². The molecule has 1 aliphatic carbocycles. The largest absolute Gasteiger partial charge is 0.368 e. The molecule has 1 fully saturated rings. The molecule has 2 amide bonds. The highest BCUT2D eigenvalue weighted by Crippen LogP contribution is 2.31. The summed E-state index contributed by atoms with van der Waals surface area (Å²) in [5, 5.41) is 0. The van der Waals surface area contributed by atoms with Gasteiger partial charge in [0.2, 0.25) is 12.5 Å². The fraction of sp³-hybridized carbons (Fsp3) is 0.500. The summed E-state index contributed by atoms with van der Waals surface area (Å²) in [7, 11) is 0. The number of pyridine rings is 1. The smallest absolute Gasteiger partial charge is 0.352 e. The first kappa shape index (κ1) is 14.7. The third kappa shape index (κ3) is 2.39. The minimum Gasteiger partial charge on any atom is -0.368 e. The molecule has 0 spiro atoms.